The van der Waals surface area contributed by atoms with Gasteiger partial charge >= 0.3 is 0 Å². The van der Waals surface area contributed by atoms with E-state index in [9.17, 15) is 13.2 Å². The molecule has 1 aliphatic heterocycles. The predicted molar refractivity (Wildman–Crippen MR) is 126 cm³/mol. The number of carbonyl (C=O) groups is 1. The van der Waals surface area contributed by atoms with Gasteiger partial charge in [0, 0.05) is 18.3 Å². The number of ether oxygens (including phenoxy) is 1. The zero-order chi connectivity index (χ0) is 23.8. The summed E-state index contributed by atoms with van der Waals surface area (Å²) in [6.45, 7) is 6.62. The number of benzene rings is 2. The third kappa shape index (κ3) is 4.45. The van der Waals surface area contributed by atoms with Crippen LogP contribution in [0, 0.1) is 13.8 Å². The molecule has 1 N–H and O–H groups in total. The first kappa shape index (κ1) is 22.8. The van der Waals surface area contributed by atoms with Crippen LogP contribution in [-0.4, -0.2) is 43.8 Å². The van der Waals surface area contributed by atoms with Gasteiger partial charge in [-0.2, -0.15) is 5.10 Å². The summed E-state index contributed by atoms with van der Waals surface area (Å²) in [6.07, 6.45) is 0.655. The summed E-state index contributed by atoms with van der Waals surface area (Å²) >= 11 is 0. The number of nitrogens with zero attached hydrogens (tertiary/aromatic N) is 3. The lowest BCUT2D eigenvalue weighted by Crippen LogP contribution is -2.36. The Kier molecular flexibility index (Phi) is 6.16. The van der Waals surface area contributed by atoms with Gasteiger partial charge in [-0.25, -0.2) is 8.42 Å². The number of hydrogen-bond donors (Lipinski definition) is 1. The van der Waals surface area contributed by atoms with E-state index in [0.717, 1.165) is 17.0 Å². The van der Waals surface area contributed by atoms with E-state index in [-0.39, 0.29) is 16.5 Å². The quantitative estimate of drug-likeness (QED) is 0.575. The molecule has 3 aromatic rings. The van der Waals surface area contributed by atoms with Gasteiger partial charge in [-0.05, 0) is 63.1 Å². The molecule has 0 fully saturated rings. The maximum absolute atomic E-state index is 13.4. The van der Waals surface area contributed by atoms with Crippen LogP contribution in [0.15, 0.2) is 53.4 Å². The van der Waals surface area contributed by atoms with Gasteiger partial charge < -0.3 is 10.1 Å². The first-order valence-corrected chi connectivity index (χ1v) is 12.3. The number of anilines is 1. The number of nitrogens with one attached hydrogen (secondary N) is 1. The lowest BCUT2D eigenvalue weighted by molar-refractivity contribution is 0.0932. The van der Waals surface area contributed by atoms with Crippen LogP contribution in [0.3, 0.4) is 0 Å². The minimum Gasteiger partial charge on any atom is -0.496 e. The molecule has 1 aromatic heterocycles. The van der Waals surface area contributed by atoms with Gasteiger partial charge in [0.05, 0.1) is 35.5 Å². The van der Waals surface area contributed by atoms with Gasteiger partial charge in [-0.15, -0.1) is 0 Å². The highest BCUT2D eigenvalue weighted by atomic mass is 32.2. The topological polar surface area (TPSA) is 93.5 Å². The maximum atomic E-state index is 13.4. The number of aromatic nitrogens is 2. The van der Waals surface area contributed by atoms with Crippen molar-refractivity contribution in [3.8, 4) is 5.75 Å². The second-order valence-electron chi connectivity index (χ2n) is 8.30. The van der Waals surface area contributed by atoms with E-state index < -0.39 is 15.9 Å². The zero-order valence-corrected chi connectivity index (χ0v) is 20.0. The fraction of sp³-hybridized carbons (Fsp3) is 0.333. The second-order valence-corrected chi connectivity index (χ2v) is 10.2. The molecule has 0 saturated carbocycles. The predicted octanol–water partition coefficient (Wildman–Crippen LogP) is 3.08. The van der Waals surface area contributed by atoms with E-state index in [0.29, 0.717) is 30.9 Å². The summed E-state index contributed by atoms with van der Waals surface area (Å²) in [5.41, 5.74) is 3.76. The molecule has 2 heterocycles. The Morgan fingerprint density at radius 3 is 2.64 bits per heavy atom. The molecule has 2 aromatic carbocycles. The van der Waals surface area contributed by atoms with Crippen molar-refractivity contribution in [1.82, 2.24) is 15.1 Å². The van der Waals surface area contributed by atoms with Crippen molar-refractivity contribution in [2.45, 2.75) is 44.7 Å². The van der Waals surface area contributed by atoms with E-state index >= 15 is 0 Å². The van der Waals surface area contributed by atoms with Gasteiger partial charge in [0.2, 0.25) is 0 Å². The van der Waals surface area contributed by atoms with Crippen molar-refractivity contribution in [2.24, 2.45) is 0 Å². The maximum Gasteiger partial charge on any atom is 0.264 e. The largest absolute Gasteiger partial charge is 0.496 e. The third-order valence-corrected chi connectivity index (χ3v) is 7.58. The molecule has 0 radical (unpaired) electrons. The van der Waals surface area contributed by atoms with Crippen LogP contribution in [0.4, 0.5) is 5.69 Å². The summed E-state index contributed by atoms with van der Waals surface area (Å²) < 4.78 is 35.4. The number of methoxy groups -OCH3 is 1. The van der Waals surface area contributed by atoms with E-state index in [1.807, 2.05) is 49.7 Å². The molecular weight excluding hydrogens is 440 g/mol. The van der Waals surface area contributed by atoms with Crippen LogP contribution < -0.4 is 14.4 Å². The lowest BCUT2D eigenvalue weighted by atomic mass is 10.1. The van der Waals surface area contributed by atoms with Gasteiger partial charge in [0.15, 0.2) is 0 Å². The zero-order valence-electron chi connectivity index (χ0n) is 19.2. The number of amides is 1. The molecular formula is C24H28N4O4S. The highest BCUT2D eigenvalue weighted by molar-refractivity contribution is 7.92. The smallest absolute Gasteiger partial charge is 0.264 e. The Bertz CT molecular complexity index is 1300. The molecule has 0 saturated heterocycles. The highest BCUT2D eigenvalue weighted by Gasteiger charge is 2.31. The van der Waals surface area contributed by atoms with E-state index in [4.69, 9.17) is 4.74 Å². The molecule has 0 aliphatic carbocycles. The lowest BCUT2D eigenvalue weighted by Gasteiger charge is -2.21. The van der Waals surface area contributed by atoms with E-state index in [2.05, 4.69) is 10.4 Å². The Hall–Kier alpha value is -3.33. The third-order valence-electron chi connectivity index (χ3n) is 5.78. The monoisotopic (exact) mass is 468 g/mol. The van der Waals surface area contributed by atoms with Crippen LogP contribution in [0.2, 0.25) is 0 Å². The Morgan fingerprint density at radius 1 is 1.18 bits per heavy atom. The fourth-order valence-corrected chi connectivity index (χ4v) is 5.71. The van der Waals surface area contributed by atoms with Crippen molar-refractivity contribution < 1.29 is 17.9 Å². The Morgan fingerprint density at radius 2 is 1.94 bits per heavy atom. The minimum atomic E-state index is -3.83. The molecule has 1 unspecified atom stereocenters. The Balaban J connectivity index is 1.59. The number of fused-ring (bicyclic) bond motifs is 1. The SMILES string of the molecule is COc1ccc(S(=O)(=O)N2CCc3ccccc32)cc1C(=O)NC(C)Cn1nc(C)cc1C. The van der Waals surface area contributed by atoms with Crippen LogP contribution in [0.1, 0.15) is 34.2 Å². The van der Waals surface area contributed by atoms with Gasteiger partial charge in [0.1, 0.15) is 5.75 Å². The van der Waals surface area contributed by atoms with Crippen LogP contribution in [0.5, 0.6) is 5.75 Å². The molecule has 0 bridgehead atoms. The normalized spacial score (nSPS) is 14.1. The first-order chi connectivity index (χ1) is 15.7. The standard InChI is InChI=1S/C24H28N4O4S/c1-16-13-18(3)27(26-16)15-17(2)25-24(29)21-14-20(9-10-23(21)32-4)33(30,31)28-12-11-19-7-5-6-8-22(19)28/h5-10,13-14,17H,11-12,15H2,1-4H3,(H,25,29). The van der Waals surface area contributed by atoms with Crippen LogP contribution in [0.25, 0.3) is 0 Å². The first-order valence-electron chi connectivity index (χ1n) is 10.8. The minimum absolute atomic E-state index is 0.0522. The molecule has 9 heteroatoms. The van der Waals surface area contributed by atoms with Gasteiger partial charge in [0.25, 0.3) is 15.9 Å². The molecule has 1 atom stereocenters. The highest BCUT2D eigenvalue weighted by Crippen LogP contribution is 2.34. The van der Waals surface area contributed by atoms with Crippen molar-refractivity contribution in [2.75, 3.05) is 18.0 Å². The summed E-state index contributed by atoms with van der Waals surface area (Å²) in [7, 11) is -2.37. The van der Waals surface area contributed by atoms with Crippen molar-refractivity contribution >= 4 is 21.6 Å². The fourth-order valence-electron chi connectivity index (χ4n) is 4.18. The van der Waals surface area contributed by atoms with Crippen LogP contribution in [-0.2, 0) is 23.0 Å². The second kappa shape index (κ2) is 8.90. The molecule has 174 valence electrons. The number of carbonyl (C=O) groups excluding carboxylic acids is 1. The number of hydrogen-bond acceptors (Lipinski definition) is 5. The number of rotatable bonds is 7. The van der Waals surface area contributed by atoms with E-state index in [1.165, 1.54) is 29.6 Å². The van der Waals surface area contributed by atoms with Gasteiger partial charge in [-0.1, -0.05) is 18.2 Å². The number of aryl methyl sites for hydroxylation is 2. The van der Waals surface area contributed by atoms with E-state index in [1.54, 1.807) is 6.07 Å². The summed E-state index contributed by atoms with van der Waals surface area (Å²) in [5, 5.41) is 7.36. The molecule has 33 heavy (non-hydrogen) atoms. The molecule has 4 rings (SSSR count). The summed E-state index contributed by atoms with van der Waals surface area (Å²) in [5.74, 6) is -0.0914. The average Bonchev–Trinajstić information content (AvgIpc) is 3.36. The molecule has 0 spiro atoms. The number of para-hydroxylation sites is 1. The van der Waals surface area contributed by atoms with Crippen LogP contribution >= 0.6 is 0 Å². The number of sulfonamides is 1. The summed E-state index contributed by atoms with van der Waals surface area (Å²) in [6, 6.07) is 13.6. The summed E-state index contributed by atoms with van der Waals surface area (Å²) in [4.78, 5) is 13.1. The van der Waals surface area contributed by atoms with Crippen molar-refractivity contribution in [3.63, 3.8) is 0 Å². The van der Waals surface area contributed by atoms with Crippen molar-refractivity contribution in [3.05, 3.63) is 71.0 Å². The molecule has 1 amide bonds. The Labute approximate surface area is 194 Å². The average molecular weight is 469 g/mol. The van der Waals surface area contributed by atoms with Crippen molar-refractivity contribution in [1.29, 1.82) is 0 Å². The molecule has 8 nitrogen and oxygen atoms in total. The van der Waals surface area contributed by atoms with Gasteiger partial charge in [-0.3, -0.25) is 13.8 Å². The molecule has 1 aliphatic rings.